The van der Waals surface area contributed by atoms with Crippen molar-refractivity contribution in [3.05, 3.63) is 53.9 Å². The van der Waals surface area contributed by atoms with Crippen molar-refractivity contribution >= 4 is 16.9 Å². The summed E-state index contributed by atoms with van der Waals surface area (Å²) in [5, 5.41) is 9.57. The Morgan fingerprint density at radius 3 is 2.70 bits per heavy atom. The quantitative estimate of drug-likeness (QED) is 0.588. The number of aliphatic hydroxyl groups is 1. The first kappa shape index (κ1) is 20.2. The standard InChI is InChI=1S/C23H27N3O4/c1-29-18-9-10-21(30-2)17(13-18)14-25(11-12-27)22(28)15-26-20-6-4-3-5-19(20)24-23(26)16-7-8-16/h3-6,9-10,13,16,27H,7-8,11-12,14-15H2,1-2H3. The molecule has 0 atom stereocenters. The van der Waals surface area contributed by atoms with Crippen molar-refractivity contribution in [2.45, 2.75) is 31.8 Å². The number of rotatable bonds is 9. The Balaban J connectivity index is 1.61. The summed E-state index contributed by atoms with van der Waals surface area (Å²) in [4.78, 5) is 19.7. The van der Waals surface area contributed by atoms with Crippen LogP contribution in [-0.2, 0) is 17.9 Å². The van der Waals surface area contributed by atoms with Gasteiger partial charge >= 0.3 is 0 Å². The van der Waals surface area contributed by atoms with Gasteiger partial charge in [-0.2, -0.15) is 0 Å². The van der Waals surface area contributed by atoms with Gasteiger partial charge in [-0.15, -0.1) is 0 Å². The summed E-state index contributed by atoms with van der Waals surface area (Å²) in [6, 6.07) is 13.4. The third-order valence-corrected chi connectivity index (χ3v) is 5.49. The molecular weight excluding hydrogens is 382 g/mol. The summed E-state index contributed by atoms with van der Waals surface area (Å²) in [7, 11) is 3.20. The first-order valence-electron chi connectivity index (χ1n) is 10.2. The Hall–Kier alpha value is -3.06. The van der Waals surface area contributed by atoms with E-state index in [-0.39, 0.29) is 25.6 Å². The van der Waals surface area contributed by atoms with Crippen molar-refractivity contribution in [2.24, 2.45) is 0 Å². The predicted octanol–water partition coefficient (Wildman–Crippen LogP) is 2.95. The highest BCUT2D eigenvalue weighted by molar-refractivity contribution is 5.81. The van der Waals surface area contributed by atoms with E-state index < -0.39 is 0 Å². The average molecular weight is 409 g/mol. The van der Waals surface area contributed by atoms with Gasteiger partial charge in [-0.3, -0.25) is 4.79 Å². The minimum absolute atomic E-state index is 0.0704. The van der Waals surface area contributed by atoms with E-state index in [1.54, 1.807) is 19.1 Å². The van der Waals surface area contributed by atoms with Crippen LogP contribution in [0.3, 0.4) is 0 Å². The summed E-state index contributed by atoms with van der Waals surface area (Å²) in [5.41, 5.74) is 2.71. The van der Waals surface area contributed by atoms with E-state index in [1.807, 2.05) is 47.0 Å². The van der Waals surface area contributed by atoms with Crippen molar-refractivity contribution in [2.75, 3.05) is 27.4 Å². The summed E-state index contributed by atoms with van der Waals surface area (Å²) < 4.78 is 12.8. The number of para-hydroxylation sites is 2. The highest BCUT2D eigenvalue weighted by atomic mass is 16.5. The van der Waals surface area contributed by atoms with Crippen molar-refractivity contribution in [3.8, 4) is 11.5 Å². The van der Waals surface area contributed by atoms with E-state index in [0.717, 1.165) is 35.3 Å². The number of fused-ring (bicyclic) bond motifs is 1. The lowest BCUT2D eigenvalue weighted by Gasteiger charge is -2.24. The maximum Gasteiger partial charge on any atom is 0.242 e. The van der Waals surface area contributed by atoms with Crippen LogP contribution in [0.4, 0.5) is 0 Å². The second kappa shape index (κ2) is 8.75. The zero-order valence-electron chi connectivity index (χ0n) is 17.4. The average Bonchev–Trinajstić information content (AvgIpc) is 3.55. The number of benzene rings is 2. The number of methoxy groups -OCH3 is 2. The molecule has 30 heavy (non-hydrogen) atoms. The van der Waals surface area contributed by atoms with Gasteiger partial charge in [0.15, 0.2) is 0 Å². The molecule has 0 bridgehead atoms. The van der Waals surface area contributed by atoms with Crippen LogP contribution in [0.25, 0.3) is 11.0 Å². The third kappa shape index (κ3) is 4.11. The van der Waals surface area contributed by atoms with Gasteiger partial charge in [-0.25, -0.2) is 4.98 Å². The van der Waals surface area contributed by atoms with Crippen molar-refractivity contribution < 1.29 is 19.4 Å². The molecular formula is C23H27N3O4. The van der Waals surface area contributed by atoms with Crippen molar-refractivity contribution in [3.63, 3.8) is 0 Å². The number of aromatic nitrogens is 2. The molecule has 2 aromatic carbocycles. The summed E-state index contributed by atoms with van der Waals surface area (Å²) in [6.07, 6.45) is 2.22. The molecule has 3 aromatic rings. The zero-order valence-corrected chi connectivity index (χ0v) is 17.4. The van der Waals surface area contributed by atoms with Crippen molar-refractivity contribution in [1.29, 1.82) is 0 Å². The molecule has 1 aliphatic rings. The van der Waals surface area contributed by atoms with Crippen LogP contribution in [0.15, 0.2) is 42.5 Å². The number of carbonyl (C=O) groups excluding carboxylic acids is 1. The lowest BCUT2D eigenvalue weighted by atomic mass is 10.1. The summed E-state index contributed by atoms with van der Waals surface area (Å²) in [6.45, 7) is 0.645. The van der Waals surface area contributed by atoms with Crippen LogP contribution in [-0.4, -0.2) is 52.8 Å². The number of aliphatic hydroxyl groups excluding tert-OH is 1. The molecule has 1 saturated carbocycles. The molecule has 7 heteroatoms. The maximum absolute atomic E-state index is 13.3. The Morgan fingerprint density at radius 2 is 2.00 bits per heavy atom. The van der Waals surface area contributed by atoms with Gasteiger partial charge in [-0.05, 0) is 43.2 Å². The van der Waals surface area contributed by atoms with E-state index in [4.69, 9.17) is 14.5 Å². The first-order chi connectivity index (χ1) is 14.6. The molecule has 0 spiro atoms. The van der Waals surface area contributed by atoms with Gasteiger partial charge in [0.1, 0.15) is 23.9 Å². The lowest BCUT2D eigenvalue weighted by Crippen LogP contribution is -2.36. The number of hydrogen-bond donors (Lipinski definition) is 1. The highest BCUT2D eigenvalue weighted by Crippen LogP contribution is 2.40. The number of amides is 1. The normalized spacial score (nSPS) is 13.4. The minimum Gasteiger partial charge on any atom is -0.497 e. The molecule has 0 saturated heterocycles. The number of carbonyl (C=O) groups is 1. The molecule has 0 aliphatic heterocycles. The van der Waals surface area contributed by atoms with Crippen LogP contribution in [0.2, 0.25) is 0 Å². The molecule has 1 fully saturated rings. The fourth-order valence-corrected chi connectivity index (χ4v) is 3.77. The molecule has 4 rings (SSSR count). The molecule has 158 valence electrons. The Morgan fingerprint density at radius 1 is 1.20 bits per heavy atom. The second-order valence-electron chi connectivity index (χ2n) is 7.54. The van der Waals surface area contributed by atoms with E-state index in [0.29, 0.717) is 24.0 Å². The SMILES string of the molecule is COc1ccc(OC)c(CN(CCO)C(=O)Cn2c(C3CC3)nc3ccccc32)c1. The van der Waals surface area contributed by atoms with E-state index in [9.17, 15) is 9.90 Å². The molecule has 1 amide bonds. The number of imidazole rings is 1. The second-order valence-corrected chi connectivity index (χ2v) is 7.54. The smallest absolute Gasteiger partial charge is 0.242 e. The Bertz CT molecular complexity index is 1040. The number of ether oxygens (including phenoxy) is 2. The fraction of sp³-hybridized carbons (Fsp3) is 0.391. The maximum atomic E-state index is 13.3. The van der Waals surface area contributed by atoms with Gasteiger partial charge in [0.25, 0.3) is 0 Å². The Labute approximate surface area is 175 Å². The highest BCUT2D eigenvalue weighted by Gasteiger charge is 2.30. The fourth-order valence-electron chi connectivity index (χ4n) is 3.77. The monoisotopic (exact) mass is 409 g/mol. The van der Waals surface area contributed by atoms with Crippen LogP contribution in [0.5, 0.6) is 11.5 Å². The van der Waals surface area contributed by atoms with Gasteiger partial charge in [0.2, 0.25) is 5.91 Å². The van der Waals surface area contributed by atoms with Crippen LogP contribution in [0, 0.1) is 0 Å². The van der Waals surface area contributed by atoms with Crippen LogP contribution < -0.4 is 9.47 Å². The number of hydrogen-bond acceptors (Lipinski definition) is 5. The van der Waals surface area contributed by atoms with Gasteiger partial charge < -0.3 is 24.0 Å². The first-order valence-corrected chi connectivity index (χ1v) is 10.2. The molecule has 0 unspecified atom stereocenters. The number of nitrogens with zero attached hydrogens (tertiary/aromatic N) is 3. The van der Waals surface area contributed by atoms with Crippen LogP contribution >= 0.6 is 0 Å². The molecule has 0 radical (unpaired) electrons. The predicted molar refractivity (Wildman–Crippen MR) is 114 cm³/mol. The Kier molecular flexibility index (Phi) is 5.90. The van der Waals surface area contributed by atoms with Gasteiger partial charge in [0.05, 0.1) is 31.9 Å². The summed E-state index contributed by atoms with van der Waals surface area (Å²) >= 11 is 0. The van der Waals surface area contributed by atoms with E-state index in [1.165, 1.54) is 0 Å². The molecule has 1 heterocycles. The largest absolute Gasteiger partial charge is 0.497 e. The molecule has 1 aliphatic carbocycles. The van der Waals surface area contributed by atoms with E-state index >= 15 is 0 Å². The molecule has 1 N–H and O–H groups in total. The van der Waals surface area contributed by atoms with Gasteiger partial charge in [0, 0.05) is 24.6 Å². The van der Waals surface area contributed by atoms with Crippen molar-refractivity contribution in [1.82, 2.24) is 14.5 Å². The molecule has 7 nitrogen and oxygen atoms in total. The lowest BCUT2D eigenvalue weighted by molar-refractivity contribution is -0.133. The summed E-state index contributed by atoms with van der Waals surface area (Å²) in [5.74, 6) is 2.71. The zero-order chi connectivity index (χ0) is 21.1. The van der Waals surface area contributed by atoms with Gasteiger partial charge in [-0.1, -0.05) is 12.1 Å². The van der Waals surface area contributed by atoms with E-state index in [2.05, 4.69) is 0 Å². The van der Waals surface area contributed by atoms with Crippen LogP contribution in [0.1, 0.15) is 30.1 Å². The molecule has 1 aromatic heterocycles. The minimum atomic E-state index is -0.113. The third-order valence-electron chi connectivity index (χ3n) is 5.49. The topological polar surface area (TPSA) is 76.8 Å².